The lowest BCUT2D eigenvalue weighted by molar-refractivity contribution is -0.142. The van der Waals surface area contributed by atoms with Crippen LogP contribution in [-0.4, -0.2) is 35.5 Å². The molecule has 3 aromatic rings. The number of carbonyl (C=O) groups is 1. The average molecular weight is 505 g/mol. The highest BCUT2D eigenvalue weighted by molar-refractivity contribution is 7.87. The molecule has 34 heavy (non-hydrogen) atoms. The Hall–Kier alpha value is -3.05. The molecule has 3 aromatic carbocycles. The smallest absolute Gasteiger partial charge is 0.342 e. The van der Waals surface area contributed by atoms with Crippen LogP contribution >= 0.6 is 0 Å². The molecule has 0 aliphatic carbocycles. The molecule has 10 heteroatoms. The van der Waals surface area contributed by atoms with Crippen molar-refractivity contribution >= 4 is 26.2 Å². The number of unbranched alkanes of at least 4 members (excludes halogenated alkanes) is 1. The Bertz CT molecular complexity index is 1260. The van der Waals surface area contributed by atoms with Crippen molar-refractivity contribution in [1.82, 2.24) is 0 Å². The summed E-state index contributed by atoms with van der Waals surface area (Å²) in [4.78, 5) is 12.6. The van der Waals surface area contributed by atoms with Gasteiger partial charge >= 0.3 is 5.97 Å². The van der Waals surface area contributed by atoms with Gasteiger partial charge in [0.1, 0.15) is 5.75 Å². The molecule has 0 heterocycles. The van der Waals surface area contributed by atoms with Crippen molar-refractivity contribution in [3.63, 3.8) is 0 Å². The lowest BCUT2D eigenvalue weighted by atomic mass is 10.1. The molecule has 0 amide bonds. The molecule has 1 unspecified atom stereocenters. The number of esters is 1. The molecule has 0 aromatic heterocycles. The van der Waals surface area contributed by atoms with Crippen LogP contribution in [0.5, 0.6) is 5.75 Å². The third kappa shape index (κ3) is 7.49. The lowest BCUT2D eigenvalue weighted by Gasteiger charge is -2.16. The van der Waals surface area contributed by atoms with E-state index in [0.29, 0.717) is 0 Å². The second-order valence-electron chi connectivity index (χ2n) is 7.17. The molecule has 0 aliphatic rings. The van der Waals surface area contributed by atoms with Crippen LogP contribution < -0.4 is 4.74 Å². The highest BCUT2D eigenvalue weighted by Gasteiger charge is 2.29. The molecule has 180 valence electrons. The fraction of sp³-hybridized carbons (Fsp3) is 0.208. The van der Waals surface area contributed by atoms with E-state index >= 15 is 0 Å². The first-order valence-corrected chi connectivity index (χ1v) is 13.3. The standard InChI is InChI=1S/C24H24O8S2/c25-24(31-20-12-4-1-5-13-20)23(32-34(28,29)22-16-8-3-9-17-22)18-10-11-19-30-33(26,27)21-14-6-2-7-15-21/h1-9,12-17,23H,10-11,18-19H2. The van der Waals surface area contributed by atoms with E-state index in [1.54, 1.807) is 54.6 Å². The van der Waals surface area contributed by atoms with Crippen molar-refractivity contribution in [2.75, 3.05) is 6.61 Å². The Balaban J connectivity index is 1.62. The summed E-state index contributed by atoms with van der Waals surface area (Å²) in [5.41, 5.74) is 0. The summed E-state index contributed by atoms with van der Waals surface area (Å²) < 4.78 is 65.2. The maximum absolute atomic E-state index is 12.7. The largest absolute Gasteiger partial charge is 0.425 e. The molecule has 1 atom stereocenters. The monoisotopic (exact) mass is 504 g/mol. The van der Waals surface area contributed by atoms with E-state index in [0.717, 1.165) is 0 Å². The molecule has 0 fully saturated rings. The Morgan fingerprint density at radius 3 is 1.74 bits per heavy atom. The highest BCUT2D eigenvalue weighted by Crippen LogP contribution is 2.20. The van der Waals surface area contributed by atoms with Gasteiger partial charge in [-0.1, -0.05) is 54.6 Å². The minimum Gasteiger partial charge on any atom is -0.425 e. The minimum absolute atomic E-state index is 0.0214. The number of para-hydroxylation sites is 1. The van der Waals surface area contributed by atoms with Gasteiger partial charge in [-0.2, -0.15) is 16.8 Å². The molecular weight excluding hydrogens is 480 g/mol. The van der Waals surface area contributed by atoms with Crippen molar-refractivity contribution in [1.29, 1.82) is 0 Å². The molecule has 0 radical (unpaired) electrons. The molecule has 0 saturated carbocycles. The Labute approximate surface area is 199 Å². The first-order chi connectivity index (χ1) is 16.3. The van der Waals surface area contributed by atoms with E-state index in [9.17, 15) is 21.6 Å². The van der Waals surface area contributed by atoms with Gasteiger partial charge in [0, 0.05) is 0 Å². The van der Waals surface area contributed by atoms with Gasteiger partial charge in [-0.3, -0.25) is 8.37 Å². The maximum atomic E-state index is 12.7. The van der Waals surface area contributed by atoms with E-state index in [-0.39, 0.29) is 41.4 Å². The van der Waals surface area contributed by atoms with Gasteiger partial charge in [0.15, 0.2) is 6.10 Å². The summed E-state index contributed by atoms with van der Waals surface area (Å²) in [6, 6.07) is 23.4. The van der Waals surface area contributed by atoms with Crippen LogP contribution in [-0.2, 0) is 33.4 Å². The number of carbonyl (C=O) groups excluding carboxylic acids is 1. The number of benzene rings is 3. The van der Waals surface area contributed by atoms with Crippen molar-refractivity contribution in [2.45, 2.75) is 35.2 Å². The van der Waals surface area contributed by atoms with Crippen LogP contribution in [0.3, 0.4) is 0 Å². The normalized spacial score (nSPS) is 12.7. The summed E-state index contributed by atoms with van der Waals surface area (Å²) >= 11 is 0. The van der Waals surface area contributed by atoms with Gasteiger partial charge in [0.25, 0.3) is 20.2 Å². The molecule has 8 nitrogen and oxygen atoms in total. The van der Waals surface area contributed by atoms with Crippen molar-refractivity contribution < 1.29 is 34.7 Å². The Kier molecular flexibility index (Phi) is 8.94. The second-order valence-corrected chi connectivity index (χ2v) is 10.4. The molecular formula is C24H24O8S2. The maximum Gasteiger partial charge on any atom is 0.342 e. The number of hydrogen-bond acceptors (Lipinski definition) is 8. The molecule has 0 spiro atoms. The van der Waals surface area contributed by atoms with Crippen LogP contribution in [0.25, 0.3) is 0 Å². The van der Waals surface area contributed by atoms with Crippen molar-refractivity contribution in [2.24, 2.45) is 0 Å². The summed E-state index contributed by atoms with van der Waals surface area (Å²) in [5.74, 6) is -0.626. The number of ether oxygens (including phenoxy) is 1. The minimum atomic E-state index is -4.23. The summed E-state index contributed by atoms with van der Waals surface area (Å²) in [5, 5.41) is 0. The predicted molar refractivity (Wildman–Crippen MR) is 124 cm³/mol. The van der Waals surface area contributed by atoms with E-state index in [1.807, 2.05) is 0 Å². The second kappa shape index (κ2) is 11.9. The Morgan fingerprint density at radius 1 is 0.676 bits per heavy atom. The molecule has 0 aliphatic heterocycles. The van der Waals surface area contributed by atoms with Gasteiger partial charge < -0.3 is 4.74 Å². The topological polar surface area (TPSA) is 113 Å². The van der Waals surface area contributed by atoms with Gasteiger partial charge in [-0.05, 0) is 55.7 Å². The first kappa shape index (κ1) is 25.6. The van der Waals surface area contributed by atoms with Crippen LogP contribution in [0.4, 0.5) is 0 Å². The average Bonchev–Trinajstić information content (AvgIpc) is 2.84. The number of hydrogen-bond donors (Lipinski definition) is 0. The predicted octanol–water partition coefficient (Wildman–Crippen LogP) is 3.94. The molecule has 0 saturated heterocycles. The number of rotatable bonds is 12. The molecule has 0 bridgehead atoms. The van der Waals surface area contributed by atoms with Crippen molar-refractivity contribution in [3.8, 4) is 5.75 Å². The third-order valence-corrected chi connectivity index (χ3v) is 7.29. The fourth-order valence-corrected chi connectivity index (χ4v) is 4.97. The zero-order valence-electron chi connectivity index (χ0n) is 18.1. The van der Waals surface area contributed by atoms with Crippen LogP contribution in [0.1, 0.15) is 19.3 Å². The first-order valence-electron chi connectivity index (χ1n) is 10.5. The van der Waals surface area contributed by atoms with Crippen LogP contribution in [0.15, 0.2) is 101 Å². The molecule has 3 rings (SSSR count). The fourth-order valence-electron chi connectivity index (χ4n) is 2.93. The van der Waals surface area contributed by atoms with Gasteiger partial charge in [-0.15, -0.1) is 0 Å². The highest BCUT2D eigenvalue weighted by atomic mass is 32.2. The quantitative estimate of drug-likeness (QED) is 0.158. The van der Waals surface area contributed by atoms with E-state index in [2.05, 4.69) is 0 Å². The van der Waals surface area contributed by atoms with E-state index in [4.69, 9.17) is 13.1 Å². The third-order valence-electron chi connectivity index (χ3n) is 4.63. The Morgan fingerprint density at radius 2 is 1.18 bits per heavy atom. The van der Waals surface area contributed by atoms with Gasteiger partial charge in [0.05, 0.1) is 16.4 Å². The summed E-state index contributed by atoms with van der Waals surface area (Å²) in [6.07, 6.45) is -0.942. The zero-order chi connectivity index (χ0) is 24.4. The molecule has 0 N–H and O–H groups in total. The van der Waals surface area contributed by atoms with Gasteiger partial charge in [-0.25, -0.2) is 4.79 Å². The van der Waals surface area contributed by atoms with Gasteiger partial charge in [0.2, 0.25) is 0 Å². The SMILES string of the molecule is O=C(Oc1ccccc1)C(CCCCOS(=O)(=O)c1ccccc1)OS(=O)(=O)c1ccccc1. The van der Waals surface area contributed by atoms with E-state index < -0.39 is 32.3 Å². The van der Waals surface area contributed by atoms with Crippen LogP contribution in [0.2, 0.25) is 0 Å². The van der Waals surface area contributed by atoms with Crippen molar-refractivity contribution in [3.05, 3.63) is 91.0 Å². The summed E-state index contributed by atoms with van der Waals surface area (Å²) in [7, 11) is -8.13. The summed E-state index contributed by atoms with van der Waals surface area (Å²) in [6.45, 7) is -0.136. The van der Waals surface area contributed by atoms with E-state index in [1.165, 1.54) is 36.4 Å². The zero-order valence-corrected chi connectivity index (χ0v) is 19.8. The van der Waals surface area contributed by atoms with Crippen LogP contribution in [0, 0.1) is 0 Å². The lowest BCUT2D eigenvalue weighted by Crippen LogP contribution is -2.31.